The SMILES string of the molecule is N#CCC1(CN2CCCC2C2CCCN2)CC1. The molecular weight excluding hydrogens is 210 g/mol. The zero-order chi connectivity index (χ0) is 11.7. The summed E-state index contributed by atoms with van der Waals surface area (Å²) in [5.74, 6) is 0. The average Bonchev–Trinajstić information content (AvgIpc) is 2.77. The Hall–Kier alpha value is -0.590. The highest BCUT2D eigenvalue weighted by atomic mass is 15.2. The predicted molar refractivity (Wildman–Crippen MR) is 67.5 cm³/mol. The van der Waals surface area contributed by atoms with E-state index in [2.05, 4.69) is 16.3 Å². The third kappa shape index (κ3) is 2.34. The van der Waals surface area contributed by atoms with Crippen molar-refractivity contribution in [2.75, 3.05) is 19.6 Å². The zero-order valence-corrected chi connectivity index (χ0v) is 10.6. The Kier molecular flexibility index (Phi) is 3.10. The van der Waals surface area contributed by atoms with Gasteiger partial charge < -0.3 is 5.32 Å². The second-order valence-electron chi connectivity index (χ2n) is 6.22. The zero-order valence-electron chi connectivity index (χ0n) is 10.6. The topological polar surface area (TPSA) is 39.1 Å². The average molecular weight is 233 g/mol. The summed E-state index contributed by atoms with van der Waals surface area (Å²) < 4.78 is 0. The molecule has 3 fully saturated rings. The number of hydrogen-bond donors (Lipinski definition) is 1. The summed E-state index contributed by atoms with van der Waals surface area (Å²) in [6.07, 6.45) is 8.74. The summed E-state index contributed by atoms with van der Waals surface area (Å²) in [5, 5.41) is 12.6. The molecule has 0 bridgehead atoms. The van der Waals surface area contributed by atoms with Gasteiger partial charge in [0.05, 0.1) is 6.07 Å². The molecule has 1 saturated carbocycles. The molecule has 2 saturated heterocycles. The summed E-state index contributed by atoms with van der Waals surface area (Å²) in [6.45, 7) is 3.65. The number of nitrogens with one attached hydrogen (secondary N) is 1. The van der Waals surface area contributed by atoms with Gasteiger partial charge in [0.2, 0.25) is 0 Å². The molecule has 3 nitrogen and oxygen atoms in total. The first-order chi connectivity index (χ1) is 8.33. The van der Waals surface area contributed by atoms with Crippen molar-refractivity contribution in [3.05, 3.63) is 0 Å². The lowest BCUT2D eigenvalue weighted by Crippen LogP contribution is -2.45. The number of rotatable bonds is 4. The van der Waals surface area contributed by atoms with E-state index >= 15 is 0 Å². The first-order valence-electron chi connectivity index (χ1n) is 7.17. The second-order valence-corrected chi connectivity index (χ2v) is 6.22. The molecule has 0 spiro atoms. The maximum Gasteiger partial charge on any atom is 0.0628 e. The van der Waals surface area contributed by atoms with Crippen molar-refractivity contribution in [3.63, 3.8) is 0 Å². The van der Waals surface area contributed by atoms with Crippen LogP contribution in [-0.4, -0.2) is 36.6 Å². The van der Waals surface area contributed by atoms with Gasteiger partial charge in [0.25, 0.3) is 0 Å². The van der Waals surface area contributed by atoms with E-state index in [4.69, 9.17) is 5.26 Å². The molecule has 1 aliphatic carbocycles. The van der Waals surface area contributed by atoms with E-state index in [-0.39, 0.29) is 0 Å². The van der Waals surface area contributed by atoms with Crippen LogP contribution < -0.4 is 5.32 Å². The molecule has 17 heavy (non-hydrogen) atoms. The van der Waals surface area contributed by atoms with Crippen LogP contribution in [0.2, 0.25) is 0 Å². The molecule has 2 heterocycles. The first-order valence-corrected chi connectivity index (χ1v) is 7.17. The van der Waals surface area contributed by atoms with Gasteiger partial charge in [-0.3, -0.25) is 4.90 Å². The summed E-state index contributed by atoms with van der Waals surface area (Å²) in [7, 11) is 0. The number of hydrogen-bond acceptors (Lipinski definition) is 3. The van der Waals surface area contributed by atoms with Crippen LogP contribution in [0.25, 0.3) is 0 Å². The molecule has 2 atom stereocenters. The lowest BCUT2D eigenvalue weighted by molar-refractivity contribution is 0.176. The third-order valence-corrected chi connectivity index (χ3v) is 4.93. The van der Waals surface area contributed by atoms with Gasteiger partial charge in [0.1, 0.15) is 0 Å². The van der Waals surface area contributed by atoms with Crippen LogP contribution in [0.1, 0.15) is 44.9 Å². The van der Waals surface area contributed by atoms with Gasteiger partial charge in [-0.05, 0) is 57.0 Å². The van der Waals surface area contributed by atoms with Crippen LogP contribution in [0, 0.1) is 16.7 Å². The minimum atomic E-state index is 0.385. The molecule has 2 aliphatic heterocycles. The molecule has 0 aromatic rings. The van der Waals surface area contributed by atoms with Crippen molar-refractivity contribution in [2.45, 2.75) is 57.0 Å². The van der Waals surface area contributed by atoms with Crippen molar-refractivity contribution < 1.29 is 0 Å². The van der Waals surface area contributed by atoms with Crippen LogP contribution in [0.4, 0.5) is 0 Å². The van der Waals surface area contributed by atoms with E-state index in [1.54, 1.807) is 0 Å². The maximum absolute atomic E-state index is 8.91. The molecular formula is C14H23N3. The van der Waals surface area contributed by atoms with E-state index in [9.17, 15) is 0 Å². The Morgan fingerprint density at radius 2 is 2.18 bits per heavy atom. The molecule has 2 unspecified atom stereocenters. The van der Waals surface area contributed by atoms with E-state index in [1.165, 1.54) is 58.2 Å². The summed E-state index contributed by atoms with van der Waals surface area (Å²) in [6, 6.07) is 3.88. The Morgan fingerprint density at radius 1 is 1.29 bits per heavy atom. The van der Waals surface area contributed by atoms with Crippen molar-refractivity contribution in [1.29, 1.82) is 5.26 Å². The fourth-order valence-electron chi connectivity index (χ4n) is 3.71. The molecule has 3 aliphatic rings. The molecule has 0 amide bonds. The largest absolute Gasteiger partial charge is 0.312 e. The summed E-state index contributed by atoms with van der Waals surface area (Å²) >= 11 is 0. The van der Waals surface area contributed by atoms with E-state index in [0.29, 0.717) is 5.41 Å². The van der Waals surface area contributed by atoms with Crippen molar-refractivity contribution in [2.24, 2.45) is 5.41 Å². The van der Waals surface area contributed by atoms with Gasteiger partial charge in [0, 0.05) is 25.0 Å². The minimum Gasteiger partial charge on any atom is -0.312 e. The highest BCUT2D eigenvalue weighted by molar-refractivity contribution is 5.03. The molecule has 3 rings (SSSR count). The monoisotopic (exact) mass is 233 g/mol. The number of nitrogens with zero attached hydrogens (tertiary/aromatic N) is 2. The summed E-state index contributed by atoms with van der Waals surface area (Å²) in [5.41, 5.74) is 0.385. The Balaban J connectivity index is 1.60. The van der Waals surface area contributed by atoms with E-state index in [0.717, 1.165) is 18.5 Å². The normalized spacial score (nSPS) is 35.9. The standard InChI is InChI=1S/C14H23N3/c15-8-7-14(5-6-14)11-17-10-2-4-13(17)12-3-1-9-16-12/h12-13,16H,1-7,9-11H2. The molecule has 94 valence electrons. The number of nitriles is 1. The van der Waals surface area contributed by atoms with Crippen LogP contribution in [0.15, 0.2) is 0 Å². The molecule has 3 heteroatoms. The first kappa shape index (κ1) is 11.5. The molecule has 0 aromatic carbocycles. The summed E-state index contributed by atoms with van der Waals surface area (Å²) in [4.78, 5) is 2.69. The molecule has 0 aromatic heterocycles. The Bertz CT molecular complexity index is 310. The highest BCUT2D eigenvalue weighted by Gasteiger charge is 2.46. The Labute approximate surface area is 104 Å². The van der Waals surface area contributed by atoms with Gasteiger partial charge in [-0.25, -0.2) is 0 Å². The smallest absolute Gasteiger partial charge is 0.0628 e. The molecule has 0 radical (unpaired) electrons. The van der Waals surface area contributed by atoms with Crippen LogP contribution in [-0.2, 0) is 0 Å². The van der Waals surface area contributed by atoms with Gasteiger partial charge in [-0.15, -0.1) is 0 Å². The lowest BCUT2D eigenvalue weighted by Gasteiger charge is -2.32. The van der Waals surface area contributed by atoms with Gasteiger partial charge >= 0.3 is 0 Å². The molecule has 1 N–H and O–H groups in total. The van der Waals surface area contributed by atoms with E-state index in [1.807, 2.05) is 0 Å². The van der Waals surface area contributed by atoms with Crippen LogP contribution >= 0.6 is 0 Å². The van der Waals surface area contributed by atoms with Crippen LogP contribution in [0.5, 0.6) is 0 Å². The van der Waals surface area contributed by atoms with Gasteiger partial charge in [-0.1, -0.05) is 0 Å². The third-order valence-electron chi connectivity index (χ3n) is 4.93. The fourth-order valence-corrected chi connectivity index (χ4v) is 3.71. The lowest BCUT2D eigenvalue weighted by atomic mass is 9.99. The van der Waals surface area contributed by atoms with Gasteiger partial charge in [-0.2, -0.15) is 5.26 Å². The highest BCUT2D eigenvalue weighted by Crippen LogP contribution is 2.50. The van der Waals surface area contributed by atoms with E-state index < -0.39 is 0 Å². The predicted octanol–water partition coefficient (Wildman–Crippen LogP) is 1.90. The number of likely N-dealkylation sites (tertiary alicyclic amines) is 1. The van der Waals surface area contributed by atoms with Crippen molar-refractivity contribution in [3.8, 4) is 6.07 Å². The quantitative estimate of drug-likeness (QED) is 0.806. The Morgan fingerprint density at radius 3 is 2.82 bits per heavy atom. The fraction of sp³-hybridized carbons (Fsp3) is 0.929. The minimum absolute atomic E-state index is 0.385. The van der Waals surface area contributed by atoms with Gasteiger partial charge in [0.15, 0.2) is 0 Å². The van der Waals surface area contributed by atoms with Crippen molar-refractivity contribution in [1.82, 2.24) is 10.2 Å². The van der Waals surface area contributed by atoms with Crippen LogP contribution in [0.3, 0.4) is 0 Å². The van der Waals surface area contributed by atoms with Crippen molar-refractivity contribution >= 4 is 0 Å². The second kappa shape index (κ2) is 4.59. The maximum atomic E-state index is 8.91.